The first-order chi connectivity index (χ1) is 6.74. The summed E-state index contributed by atoms with van der Waals surface area (Å²) in [6.07, 6.45) is 5.42. The highest BCUT2D eigenvalue weighted by Crippen LogP contribution is 2.19. The molecular formula is C12H12N2. The number of imidazole rings is 1. The van der Waals surface area contributed by atoms with E-state index in [2.05, 4.69) is 29.3 Å². The number of aromatic nitrogens is 2. The van der Waals surface area contributed by atoms with Crippen molar-refractivity contribution in [3.8, 4) is 12.3 Å². The molecule has 0 spiro atoms. The molecule has 0 aliphatic rings. The van der Waals surface area contributed by atoms with E-state index < -0.39 is 0 Å². The lowest BCUT2D eigenvalue weighted by atomic mass is 10.3. The molecule has 1 aromatic carbocycles. The fourth-order valence-corrected chi connectivity index (χ4v) is 1.67. The van der Waals surface area contributed by atoms with E-state index in [1.54, 1.807) is 0 Å². The third-order valence-corrected chi connectivity index (χ3v) is 2.24. The van der Waals surface area contributed by atoms with E-state index in [9.17, 15) is 0 Å². The van der Waals surface area contributed by atoms with Gasteiger partial charge in [0.15, 0.2) is 5.82 Å². The van der Waals surface area contributed by atoms with Crippen LogP contribution in [0.25, 0.3) is 11.0 Å². The standard InChI is InChI=1S/C12H12N2/c1-4-12-13-10-7-5-6-8-11(10)14(12)9(2)3/h1,5-9H,2-3H3. The van der Waals surface area contributed by atoms with Crippen molar-refractivity contribution in [1.29, 1.82) is 0 Å². The summed E-state index contributed by atoms with van der Waals surface area (Å²) in [6.45, 7) is 4.21. The molecule has 2 rings (SSSR count). The normalized spacial score (nSPS) is 10.7. The largest absolute Gasteiger partial charge is 0.315 e. The van der Waals surface area contributed by atoms with Crippen molar-refractivity contribution in [1.82, 2.24) is 9.55 Å². The molecule has 1 heterocycles. The zero-order valence-corrected chi connectivity index (χ0v) is 8.36. The van der Waals surface area contributed by atoms with E-state index in [0.717, 1.165) is 11.0 Å². The van der Waals surface area contributed by atoms with E-state index >= 15 is 0 Å². The van der Waals surface area contributed by atoms with Crippen LogP contribution in [0.2, 0.25) is 0 Å². The smallest absolute Gasteiger partial charge is 0.186 e. The maximum atomic E-state index is 5.42. The zero-order valence-electron chi connectivity index (χ0n) is 8.36. The quantitative estimate of drug-likeness (QED) is 0.623. The Morgan fingerprint density at radius 2 is 2.07 bits per heavy atom. The van der Waals surface area contributed by atoms with Gasteiger partial charge in [-0.25, -0.2) is 4.98 Å². The molecule has 14 heavy (non-hydrogen) atoms. The first-order valence-electron chi connectivity index (χ1n) is 4.67. The second-order valence-corrected chi connectivity index (χ2v) is 3.53. The minimum Gasteiger partial charge on any atom is -0.315 e. The Morgan fingerprint density at radius 3 is 2.71 bits per heavy atom. The van der Waals surface area contributed by atoms with Crippen LogP contribution in [0.1, 0.15) is 25.7 Å². The number of hydrogen-bond donors (Lipinski definition) is 0. The van der Waals surface area contributed by atoms with Gasteiger partial charge >= 0.3 is 0 Å². The Kier molecular flexibility index (Phi) is 2.01. The van der Waals surface area contributed by atoms with Gasteiger partial charge in [0.25, 0.3) is 0 Å². The van der Waals surface area contributed by atoms with Gasteiger partial charge in [-0.15, -0.1) is 6.42 Å². The Hall–Kier alpha value is -1.75. The average molecular weight is 184 g/mol. The molecule has 0 saturated heterocycles. The van der Waals surface area contributed by atoms with Crippen LogP contribution < -0.4 is 0 Å². The van der Waals surface area contributed by atoms with Crippen LogP contribution in [0.5, 0.6) is 0 Å². The highest BCUT2D eigenvalue weighted by molar-refractivity contribution is 5.76. The molecule has 2 nitrogen and oxygen atoms in total. The van der Waals surface area contributed by atoms with Crippen molar-refractivity contribution in [2.24, 2.45) is 0 Å². The Labute approximate surface area is 83.6 Å². The van der Waals surface area contributed by atoms with Gasteiger partial charge in [0, 0.05) is 6.04 Å². The predicted molar refractivity (Wildman–Crippen MR) is 58.1 cm³/mol. The van der Waals surface area contributed by atoms with E-state index in [-0.39, 0.29) is 0 Å². The molecule has 0 aliphatic carbocycles. The maximum Gasteiger partial charge on any atom is 0.186 e. The SMILES string of the molecule is C#Cc1nc2ccccc2n1C(C)C. The third kappa shape index (κ3) is 1.18. The van der Waals surface area contributed by atoms with Crippen molar-refractivity contribution >= 4 is 11.0 Å². The summed E-state index contributed by atoms with van der Waals surface area (Å²) >= 11 is 0. The number of terminal acetylenes is 1. The van der Waals surface area contributed by atoms with E-state index in [4.69, 9.17) is 6.42 Å². The minimum atomic E-state index is 0.341. The summed E-state index contributed by atoms with van der Waals surface area (Å²) in [5.41, 5.74) is 2.07. The Bertz CT molecular complexity index is 501. The Morgan fingerprint density at radius 1 is 1.36 bits per heavy atom. The summed E-state index contributed by atoms with van der Waals surface area (Å²) < 4.78 is 2.08. The van der Waals surface area contributed by atoms with Gasteiger partial charge in [-0.05, 0) is 31.9 Å². The fourth-order valence-electron chi connectivity index (χ4n) is 1.67. The molecule has 0 atom stereocenters. The van der Waals surface area contributed by atoms with Crippen LogP contribution in [0.3, 0.4) is 0 Å². The lowest BCUT2D eigenvalue weighted by Crippen LogP contribution is -2.03. The van der Waals surface area contributed by atoms with Crippen LogP contribution in [0, 0.1) is 12.3 Å². The van der Waals surface area contributed by atoms with Gasteiger partial charge in [-0.1, -0.05) is 12.1 Å². The monoisotopic (exact) mass is 184 g/mol. The van der Waals surface area contributed by atoms with Crippen molar-refractivity contribution in [2.45, 2.75) is 19.9 Å². The summed E-state index contributed by atoms with van der Waals surface area (Å²) in [7, 11) is 0. The number of rotatable bonds is 1. The molecule has 0 fully saturated rings. The van der Waals surface area contributed by atoms with Crippen LogP contribution >= 0.6 is 0 Å². The van der Waals surface area contributed by atoms with Crippen molar-refractivity contribution < 1.29 is 0 Å². The van der Waals surface area contributed by atoms with Crippen LogP contribution in [-0.4, -0.2) is 9.55 Å². The van der Waals surface area contributed by atoms with E-state index in [0.29, 0.717) is 11.9 Å². The zero-order chi connectivity index (χ0) is 10.1. The van der Waals surface area contributed by atoms with Gasteiger partial charge in [-0.3, -0.25) is 0 Å². The van der Waals surface area contributed by atoms with Crippen molar-refractivity contribution in [2.75, 3.05) is 0 Å². The molecule has 0 N–H and O–H groups in total. The number of benzene rings is 1. The molecular weight excluding hydrogens is 172 g/mol. The lowest BCUT2D eigenvalue weighted by molar-refractivity contribution is 0.611. The van der Waals surface area contributed by atoms with Gasteiger partial charge in [-0.2, -0.15) is 0 Å². The van der Waals surface area contributed by atoms with Crippen LogP contribution in [-0.2, 0) is 0 Å². The first kappa shape index (κ1) is 8.83. The topological polar surface area (TPSA) is 17.8 Å². The Balaban J connectivity index is 2.83. The number of hydrogen-bond acceptors (Lipinski definition) is 1. The molecule has 2 heteroatoms. The van der Waals surface area contributed by atoms with Crippen molar-refractivity contribution in [3.63, 3.8) is 0 Å². The highest BCUT2D eigenvalue weighted by atomic mass is 15.1. The summed E-state index contributed by atoms with van der Waals surface area (Å²) in [5.74, 6) is 3.33. The number of nitrogens with zero attached hydrogens (tertiary/aromatic N) is 2. The summed E-state index contributed by atoms with van der Waals surface area (Å²) in [6, 6.07) is 8.34. The lowest BCUT2D eigenvalue weighted by Gasteiger charge is -2.09. The number of fused-ring (bicyclic) bond motifs is 1. The summed E-state index contributed by atoms with van der Waals surface area (Å²) in [5, 5.41) is 0. The van der Waals surface area contributed by atoms with Crippen LogP contribution in [0.15, 0.2) is 24.3 Å². The third-order valence-electron chi connectivity index (χ3n) is 2.24. The molecule has 1 aromatic heterocycles. The molecule has 70 valence electrons. The van der Waals surface area contributed by atoms with Gasteiger partial charge in [0.2, 0.25) is 0 Å². The first-order valence-corrected chi connectivity index (χ1v) is 4.67. The summed E-state index contributed by atoms with van der Waals surface area (Å²) in [4.78, 5) is 4.38. The fraction of sp³-hybridized carbons (Fsp3) is 0.250. The number of para-hydroxylation sites is 2. The van der Waals surface area contributed by atoms with E-state index in [1.165, 1.54) is 0 Å². The van der Waals surface area contributed by atoms with Gasteiger partial charge in [0.05, 0.1) is 11.0 Å². The second-order valence-electron chi connectivity index (χ2n) is 3.53. The molecule has 0 amide bonds. The van der Waals surface area contributed by atoms with Crippen LogP contribution in [0.4, 0.5) is 0 Å². The molecule has 0 unspecified atom stereocenters. The molecule has 2 aromatic rings. The van der Waals surface area contributed by atoms with Gasteiger partial charge < -0.3 is 4.57 Å². The second kappa shape index (κ2) is 3.19. The maximum absolute atomic E-state index is 5.42. The predicted octanol–water partition coefficient (Wildman–Crippen LogP) is 2.60. The van der Waals surface area contributed by atoms with Crippen molar-refractivity contribution in [3.05, 3.63) is 30.1 Å². The molecule has 0 saturated carbocycles. The highest BCUT2D eigenvalue weighted by Gasteiger charge is 2.10. The van der Waals surface area contributed by atoms with E-state index in [1.807, 2.05) is 24.3 Å². The average Bonchev–Trinajstić information content (AvgIpc) is 2.55. The van der Waals surface area contributed by atoms with Gasteiger partial charge in [0.1, 0.15) is 0 Å². The molecule has 0 aliphatic heterocycles. The minimum absolute atomic E-state index is 0.341. The molecule has 0 bridgehead atoms. The molecule has 0 radical (unpaired) electrons.